The Bertz CT molecular complexity index is 242. The van der Waals surface area contributed by atoms with E-state index in [1.54, 1.807) is 4.90 Å². The zero-order valence-electron chi connectivity index (χ0n) is 9.89. The van der Waals surface area contributed by atoms with Gasteiger partial charge < -0.3 is 14.7 Å². The van der Waals surface area contributed by atoms with Crippen LogP contribution < -0.4 is 0 Å². The topological polar surface area (TPSA) is 49.8 Å². The number of nitrogens with zero attached hydrogens (tertiary/aromatic N) is 1. The van der Waals surface area contributed by atoms with Crippen molar-refractivity contribution in [2.45, 2.75) is 25.9 Å². The lowest BCUT2D eigenvalue weighted by Gasteiger charge is -2.35. The Hall–Kier alpha value is -0.870. The van der Waals surface area contributed by atoms with Gasteiger partial charge in [-0.2, -0.15) is 0 Å². The van der Waals surface area contributed by atoms with Gasteiger partial charge in [0.2, 0.25) is 5.91 Å². The van der Waals surface area contributed by atoms with Crippen LogP contribution in [0.3, 0.4) is 0 Å². The van der Waals surface area contributed by atoms with Gasteiger partial charge in [-0.25, -0.2) is 0 Å². The molecule has 4 heteroatoms. The smallest absolute Gasteiger partial charge is 0.245 e. The monoisotopic (exact) mass is 227 g/mol. The number of aliphatic hydroxyl groups is 1. The molecule has 2 atom stereocenters. The van der Waals surface area contributed by atoms with Gasteiger partial charge in [0.15, 0.2) is 0 Å². The molecule has 1 rings (SSSR count). The van der Waals surface area contributed by atoms with Crippen LogP contribution in [0.4, 0.5) is 0 Å². The molecule has 1 saturated heterocycles. The van der Waals surface area contributed by atoms with Crippen molar-refractivity contribution in [3.8, 4) is 0 Å². The molecule has 92 valence electrons. The number of ether oxygens (including phenoxy) is 1. The minimum atomic E-state index is -0.148. The van der Waals surface area contributed by atoms with Crippen LogP contribution >= 0.6 is 0 Å². The van der Waals surface area contributed by atoms with Crippen molar-refractivity contribution >= 4 is 5.91 Å². The molecule has 4 nitrogen and oxygen atoms in total. The number of aliphatic hydroxyl groups excluding tert-OH is 1. The quantitative estimate of drug-likeness (QED) is 0.707. The van der Waals surface area contributed by atoms with E-state index in [0.717, 1.165) is 19.4 Å². The molecule has 0 saturated carbocycles. The SMILES string of the molecule is C=CC(=O)N1CCCC(C(CO)OCC)C1. The van der Waals surface area contributed by atoms with Gasteiger partial charge in [-0.1, -0.05) is 6.58 Å². The number of carbonyl (C=O) groups excluding carboxylic acids is 1. The lowest BCUT2D eigenvalue weighted by atomic mass is 9.92. The van der Waals surface area contributed by atoms with Crippen molar-refractivity contribution < 1.29 is 14.6 Å². The number of hydrogen-bond acceptors (Lipinski definition) is 3. The molecule has 0 aliphatic carbocycles. The van der Waals surface area contributed by atoms with Gasteiger partial charge in [0, 0.05) is 25.6 Å². The van der Waals surface area contributed by atoms with Crippen LogP contribution in [0.1, 0.15) is 19.8 Å². The summed E-state index contributed by atoms with van der Waals surface area (Å²) in [5, 5.41) is 9.24. The number of likely N-dealkylation sites (tertiary alicyclic amines) is 1. The Balaban J connectivity index is 2.54. The summed E-state index contributed by atoms with van der Waals surface area (Å²) in [4.78, 5) is 13.3. The first kappa shape index (κ1) is 13.2. The van der Waals surface area contributed by atoms with Crippen LogP contribution in [0.5, 0.6) is 0 Å². The highest BCUT2D eigenvalue weighted by atomic mass is 16.5. The number of piperidine rings is 1. The largest absolute Gasteiger partial charge is 0.394 e. The molecule has 1 aliphatic heterocycles. The van der Waals surface area contributed by atoms with Crippen LogP contribution in [0, 0.1) is 5.92 Å². The van der Waals surface area contributed by atoms with E-state index >= 15 is 0 Å². The van der Waals surface area contributed by atoms with Crippen LogP contribution in [0.15, 0.2) is 12.7 Å². The summed E-state index contributed by atoms with van der Waals surface area (Å²) in [5.41, 5.74) is 0. The predicted molar refractivity (Wildman–Crippen MR) is 62.0 cm³/mol. The lowest BCUT2D eigenvalue weighted by Crippen LogP contribution is -2.44. The van der Waals surface area contributed by atoms with Gasteiger partial charge in [-0.15, -0.1) is 0 Å². The normalized spacial score (nSPS) is 22.9. The molecule has 0 aromatic heterocycles. The van der Waals surface area contributed by atoms with Crippen LogP contribution in [0.25, 0.3) is 0 Å². The molecule has 1 aliphatic rings. The molecule has 16 heavy (non-hydrogen) atoms. The number of amides is 1. The standard InChI is InChI=1S/C12H21NO3/c1-3-12(15)13-7-5-6-10(8-13)11(9-14)16-4-2/h3,10-11,14H,1,4-9H2,2H3. The maximum absolute atomic E-state index is 11.5. The van der Waals surface area contributed by atoms with E-state index in [2.05, 4.69) is 6.58 Å². The van der Waals surface area contributed by atoms with Gasteiger partial charge in [0.05, 0.1) is 12.7 Å². The molecule has 0 bridgehead atoms. The van der Waals surface area contributed by atoms with E-state index in [1.165, 1.54) is 6.08 Å². The molecule has 2 unspecified atom stereocenters. The minimum Gasteiger partial charge on any atom is -0.394 e. The Kier molecular flexibility index (Phi) is 5.49. The average Bonchev–Trinajstić information content (AvgIpc) is 2.35. The van der Waals surface area contributed by atoms with Gasteiger partial charge in [0.1, 0.15) is 0 Å². The Morgan fingerprint density at radius 2 is 2.50 bits per heavy atom. The minimum absolute atomic E-state index is 0.0224. The van der Waals surface area contributed by atoms with Gasteiger partial charge in [0.25, 0.3) is 0 Å². The van der Waals surface area contributed by atoms with Gasteiger partial charge in [-0.05, 0) is 25.8 Å². The van der Waals surface area contributed by atoms with Crippen molar-refractivity contribution in [3.63, 3.8) is 0 Å². The zero-order valence-corrected chi connectivity index (χ0v) is 9.89. The molecule has 0 aromatic rings. The average molecular weight is 227 g/mol. The molecular formula is C12H21NO3. The predicted octanol–water partition coefficient (Wildman–Crippen LogP) is 0.808. The highest BCUT2D eigenvalue weighted by Crippen LogP contribution is 2.21. The summed E-state index contributed by atoms with van der Waals surface area (Å²) in [5.74, 6) is 0.209. The van der Waals surface area contributed by atoms with Crippen molar-refractivity contribution in [2.75, 3.05) is 26.3 Å². The summed E-state index contributed by atoms with van der Waals surface area (Å²) < 4.78 is 5.48. The van der Waals surface area contributed by atoms with E-state index in [-0.39, 0.29) is 24.5 Å². The van der Waals surface area contributed by atoms with Crippen molar-refractivity contribution in [3.05, 3.63) is 12.7 Å². The molecule has 1 N–H and O–H groups in total. The molecule has 0 radical (unpaired) electrons. The van der Waals surface area contributed by atoms with Crippen LogP contribution in [-0.4, -0.2) is 48.3 Å². The van der Waals surface area contributed by atoms with Crippen LogP contribution in [0.2, 0.25) is 0 Å². The van der Waals surface area contributed by atoms with Crippen molar-refractivity contribution in [1.82, 2.24) is 4.90 Å². The Morgan fingerprint density at radius 1 is 1.75 bits per heavy atom. The third-order valence-corrected chi connectivity index (χ3v) is 3.03. The number of hydrogen-bond donors (Lipinski definition) is 1. The van der Waals surface area contributed by atoms with Gasteiger partial charge >= 0.3 is 0 Å². The second-order valence-electron chi connectivity index (χ2n) is 4.07. The molecule has 0 spiro atoms. The number of carbonyl (C=O) groups is 1. The first-order chi connectivity index (χ1) is 7.72. The molecular weight excluding hydrogens is 206 g/mol. The first-order valence-corrected chi connectivity index (χ1v) is 5.86. The maximum atomic E-state index is 11.5. The molecule has 1 amide bonds. The summed E-state index contributed by atoms with van der Waals surface area (Å²) in [6.07, 6.45) is 3.17. The second kappa shape index (κ2) is 6.66. The van der Waals surface area contributed by atoms with E-state index in [1.807, 2.05) is 6.92 Å². The summed E-state index contributed by atoms with van der Waals surface area (Å²) in [6, 6.07) is 0. The highest BCUT2D eigenvalue weighted by molar-refractivity contribution is 5.87. The van der Waals surface area contributed by atoms with E-state index in [0.29, 0.717) is 13.2 Å². The summed E-state index contributed by atoms with van der Waals surface area (Å²) in [7, 11) is 0. The van der Waals surface area contributed by atoms with E-state index < -0.39 is 0 Å². The van der Waals surface area contributed by atoms with Crippen LogP contribution in [-0.2, 0) is 9.53 Å². The van der Waals surface area contributed by atoms with E-state index in [4.69, 9.17) is 4.74 Å². The molecule has 0 aromatic carbocycles. The molecule has 1 fully saturated rings. The zero-order chi connectivity index (χ0) is 12.0. The Labute approximate surface area is 96.9 Å². The van der Waals surface area contributed by atoms with Crippen molar-refractivity contribution in [1.29, 1.82) is 0 Å². The fraction of sp³-hybridized carbons (Fsp3) is 0.750. The highest BCUT2D eigenvalue weighted by Gasteiger charge is 2.28. The van der Waals surface area contributed by atoms with Crippen molar-refractivity contribution in [2.24, 2.45) is 5.92 Å². The fourth-order valence-corrected chi connectivity index (χ4v) is 2.19. The van der Waals surface area contributed by atoms with E-state index in [9.17, 15) is 9.90 Å². The Morgan fingerprint density at radius 3 is 3.06 bits per heavy atom. The molecule has 1 heterocycles. The fourth-order valence-electron chi connectivity index (χ4n) is 2.19. The number of rotatable bonds is 5. The third kappa shape index (κ3) is 3.32. The lowest BCUT2D eigenvalue weighted by molar-refractivity contribution is -0.129. The van der Waals surface area contributed by atoms with Gasteiger partial charge in [-0.3, -0.25) is 4.79 Å². The third-order valence-electron chi connectivity index (χ3n) is 3.03. The maximum Gasteiger partial charge on any atom is 0.245 e. The first-order valence-electron chi connectivity index (χ1n) is 5.86. The summed E-state index contributed by atoms with van der Waals surface area (Å²) in [6.45, 7) is 7.47. The summed E-state index contributed by atoms with van der Waals surface area (Å²) >= 11 is 0. The second-order valence-corrected chi connectivity index (χ2v) is 4.07.